The van der Waals surface area contributed by atoms with E-state index in [1.54, 1.807) is 13.2 Å². The largest absolute Gasteiger partial charge is 0.497 e. The second-order valence-corrected chi connectivity index (χ2v) is 7.61. The molecule has 0 spiro atoms. The lowest BCUT2D eigenvalue weighted by atomic mass is 9.98. The van der Waals surface area contributed by atoms with Crippen molar-refractivity contribution in [3.8, 4) is 5.75 Å². The molecule has 1 unspecified atom stereocenters. The Balaban J connectivity index is 1.93. The van der Waals surface area contributed by atoms with Crippen LogP contribution < -0.4 is 10.1 Å². The summed E-state index contributed by atoms with van der Waals surface area (Å²) >= 11 is 13.2. The summed E-state index contributed by atoms with van der Waals surface area (Å²) in [5.74, 6) is 0.493. The maximum atomic E-state index is 12.7. The van der Waals surface area contributed by atoms with Gasteiger partial charge in [0.2, 0.25) is 0 Å². The van der Waals surface area contributed by atoms with Crippen LogP contribution in [0, 0.1) is 0 Å². The van der Waals surface area contributed by atoms with Crippen LogP contribution in [0.2, 0.25) is 8.67 Å². The standard InChI is InChI=1S/C19H15Cl2NO2S/c1-24-14-9-7-13(8-10-14)17(12-5-3-2-4-6-12)22-19(23)15-11-16(20)25-18(15)21/h2-11,17H,1H3,(H,22,23). The second kappa shape index (κ2) is 7.91. The number of hydrogen-bond donors (Lipinski definition) is 1. The van der Waals surface area contributed by atoms with Crippen molar-refractivity contribution in [3.05, 3.63) is 86.0 Å². The molecule has 1 heterocycles. The SMILES string of the molecule is COc1ccc(C(NC(=O)c2cc(Cl)sc2Cl)c2ccccc2)cc1. The summed E-state index contributed by atoms with van der Waals surface area (Å²) in [5, 5.41) is 3.04. The highest BCUT2D eigenvalue weighted by Crippen LogP contribution is 2.32. The van der Waals surface area contributed by atoms with Crippen molar-refractivity contribution >= 4 is 40.4 Å². The van der Waals surface area contributed by atoms with Gasteiger partial charge in [0.15, 0.2) is 0 Å². The van der Waals surface area contributed by atoms with E-state index in [0.717, 1.165) is 16.9 Å². The highest BCUT2D eigenvalue weighted by atomic mass is 35.5. The number of ether oxygens (including phenoxy) is 1. The Bertz CT molecular complexity index is 863. The van der Waals surface area contributed by atoms with Crippen molar-refractivity contribution < 1.29 is 9.53 Å². The van der Waals surface area contributed by atoms with Gasteiger partial charge < -0.3 is 10.1 Å². The number of nitrogens with one attached hydrogen (secondary N) is 1. The van der Waals surface area contributed by atoms with Crippen molar-refractivity contribution in [1.29, 1.82) is 0 Å². The third-order valence-corrected chi connectivity index (χ3v) is 5.25. The van der Waals surface area contributed by atoms with Crippen molar-refractivity contribution in [2.24, 2.45) is 0 Å². The summed E-state index contributed by atoms with van der Waals surface area (Å²) in [4.78, 5) is 12.7. The van der Waals surface area contributed by atoms with E-state index >= 15 is 0 Å². The number of hydrogen-bond acceptors (Lipinski definition) is 3. The van der Waals surface area contributed by atoms with Crippen LogP contribution in [0.25, 0.3) is 0 Å². The Kier molecular flexibility index (Phi) is 5.63. The molecule has 0 saturated heterocycles. The number of methoxy groups -OCH3 is 1. The summed E-state index contributed by atoms with van der Waals surface area (Å²) in [5.41, 5.74) is 2.29. The van der Waals surface area contributed by atoms with Crippen molar-refractivity contribution in [1.82, 2.24) is 5.32 Å². The zero-order valence-electron chi connectivity index (χ0n) is 13.3. The third kappa shape index (κ3) is 4.15. The number of carbonyl (C=O) groups is 1. The molecule has 1 atom stereocenters. The average Bonchev–Trinajstić information content (AvgIpc) is 2.99. The molecule has 3 rings (SSSR count). The quantitative estimate of drug-likeness (QED) is 0.615. The molecule has 1 N–H and O–H groups in total. The molecule has 0 radical (unpaired) electrons. The fourth-order valence-corrected chi connectivity index (χ4v) is 3.96. The fraction of sp³-hybridized carbons (Fsp3) is 0.105. The molecule has 0 aliphatic carbocycles. The summed E-state index contributed by atoms with van der Waals surface area (Å²) in [6.45, 7) is 0. The first kappa shape index (κ1) is 17.8. The van der Waals surface area contributed by atoms with Gasteiger partial charge in [-0.1, -0.05) is 65.7 Å². The molecule has 128 valence electrons. The number of carbonyl (C=O) groups excluding carboxylic acids is 1. The minimum Gasteiger partial charge on any atom is -0.497 e. The van der Waals surface area contributed by atoms with Gasteiger partial charge in [0.1, 0.15) is 10.1 Å². The van der Waals surface area contributed by atoms with Gasteiger partial charge in [-0.05, 0) is 29.3 Å². The maximum Gasteiger partial charge on any atom is 0.254 e. The molecule has 0 saturated carbocycles. The minimum atomic E-state index is -0.311. The molecule has 0 bridgehead atoms. The Morgan fingerprint density at radius 2 is 1.68 bits per heavy atom. The molecular weight excluding hydrogens is 377 g/mol. The van der Waals surface area contributed by atoms with Gasteiger partial charge in [-0.15, -0.1) is 11.3 Å². The van der Waals surface area contributed by atoms with Crippen molar-refractivity contribution in [2.75, 3.05) is 7.11 Å². The number of amides is 1. The molecule has 2 aromatic carbocycles. The molecule has 25 heavy (non-hydrogen) atoms. The van der Waals surface area contributed by atoms with Gasteiger partial charge in [-0.25, -0.2) is 0 Å². The van der Waals surface area contributed by atoms with Crippen LogP contribution in [0.3, 0.4) is 0 Å². The maximum absolute atomic E-state index is 12.7. The predicted octanol–water partition coefficient (Wildman–Crippen LogP) is 5.58. The van der Waals surface area contributed by atoms with Gasteiger partial charge in [-0.2, -0.15) is 0 Å². The Morgan fingerprint density at radius 3 is 2.24 bits per heavy atom. The number of halogens is 2. The highest BCUT2D eigenvalue weighted by molar-refractivity contribution is 7.20. The van der Waals surface area contributed by atoms with Crippen LogP contribution in [0.1, 0.15) is 27.5 Å². The Labute approximate surface area is 160 Å². The Morgan fingerprint density at radius 1 is 1.04 bits per heavy atom. The molecule has 0 fully saturated rings. The van der Waals surface area contributed by atoms with Gasteiger partial charge in [-0.3, -0.25) is 4.79 Å². The molecule has 1 aromatic heterocycles. The average molecular weight is 392 g/mol. The van der Waals surface area contributed by atoms with Crippen LogP contribution in [-0.4, -0.2) is 13.0 Å². The van der Waals surface area contributed by atoms with Gasteiger partial charge in [0.05, 0.1) is 23.1 Å². The smallest absolute Gasteiger partial charge is 0.254 e. The van der Waals surface area contributed by atoms with Crippen LogP contribution in [-0.2, 0) is 0 Å². The first-order valence-electron chi connectivity index (χ1n) is 7.53. The van der Waals surface area contributed by atoms with E-state index in [2.05, 4.69) is 5.32 Å². The van der Waals surface area contributed by atoms with Crippen LogP contribution in [0.5, 0.6) is 5.75 Å². The van der Waals surface area contributed by atoms with E-state index in [9.17, 15) is 4.79 Å². The first-order chi connectivity index (χ1) is 12.1. The van der Waals surface area contributed by atoms with E-state index < -0.39 is 0 Å². The lowest BCUT2D eigenvalue weighted by Gasteiger charge is -2.20. The zero-order valence-corrected chi connectivity index (χ0v) is 15.7. The van der Waals surface area contributed by atoms with E-state index in [0.29, 0.717) is 14.2 Å². The number of benzene rings is 2. The molecule has 0 aliphatic heterocycles. The van der Waals surface area contributed by atoms with E-state index in [1.807, 2.05) is 54.6 Å². The normalized spacial score (nSPS) is 11.8. The second-order valence-electron chi connectivity index (χ2n) is 5.33. The van der Waals surface area contributed by atoms with Gasteiger partial charge in [0.25, 0.3) is 5.91 Å². The Hall–Kier alpha value is -2.01. The van der Waals surface area contributed by atoms with E-state index in [-0.39, 0.29) is 11.9 Å². The third-order valence-electron chi connectivity index (χ3n) is 3.76. The molecular formula is C19H15Cl2NO2S. The van der Waals surface area contributed by atoms with Crippen LogP contribution >= 0.6 is 34.5 Å². The van der Waals surface area contributed by atoms with E-state index in [4.69, 9.17) is 27.9 Å². The monoisotopic (exact) mass is 391 g/mol. The molecule has 1 amide bonds. The molecule has 0 aliphatic rings. The fourth-order valence-electron chi connectivity index (χ4n) is 2.50. The predicted molar refractivity (Wildman–Crippen MR) is 103 cm³/mol. The molecule has 3 aromatic rings. The number of rotatable bonds is 5. The number of thiophene rings is 1. The van der Waals surface area contributed by atoms with Crippen molar-refractivity contribution in [2.45, 2.75) is 6.04 Å². The molecule has 6 heteroatoms. The van der Waals surface area contributed by atoms with Crippen LogP contribution in [0.4, 0.5) is 0 Å². The van der Waals surface area contributed by atoms with Gasteiger partial charge >= 0.3 is 0 Å². The van der Waals surface area contributed by atoms with Crippen molar-refractivity contribution in [3.63, 3.8) is 0 Å². The minimum absolute atomic E-state index is 0.266. The van der Waals surface area contributed by atoms with Gasteiger partial charge in [0, 0.05) is 0 Å². The zero-order chi connectivity index (χ0) is 17.8. The summed E-state index contributed by atoms with van der Waals surface area (Å²) < 4.78 is 6.07. The summed E-state index contributed by atoms with van der Waals surface area (Å²) in [6, 6.07) is 18.6. The van der Waals surface area contributed by atoms with E-state index in [1.165, 1.54) is 11.3 Å². The summed E-state index contributed by atoms with van der Waals surface area (Å²) in [6.07, 6.45) is 0. The van der Waals surface area contributed by atoms with Crippen LogP contribution in [0.15, 0.2) is 60.7 Å². The lowest BCUT2D eigenvalue weighted by molar-refractivity contribution is 0.0943. The first-order valence-corrected chi connectivity index (χ1v) is 9.10. The highest BCUT2D eigenvalue weighted by Gasteiger charge is 2.21. The topological polar surface area (TPSA) is 38.3 Å². The summed E-state index contributed by atoms with van der Waals surface area (Å²) in [7, 11) is 1.62. The molecule has 3 nitrogen and oxygen atoms in total. The lowest BCUT2D eigenvalue weighted by Crippen LogP contribution is -2.29.